The minimum atomic E-state index is 0.121. The number of amides is 1. The third-order valence-electron chi connectivity index (χ3n) is 2.95. The molecular weight excluding hydrogens is 244 g/mol. The molecule has 1 aliphatic rings. The van der Waals surface area contributed by atoms with Gasteiger partial charge in [-0.05, 0) is 18.4 Å². The molecule has 0 radical (unpaired) electrons. The number of hydrogen-bond donors (Lipinski definition) is 1. The molecule has 3 rings (SSSR count). The molecule has 0 atom stereocenters. The third-order valence-corrected chi connectivity index (χ3v) is 3.87. The Balaban J connectivity index is 1.64. The Morgan fingerprint density at radius 2 is 2.11 bits per heavy atom. The van der Waals surface area contributed by atoms with Gasteiger partial charge < -0.3 is 5.32 Å². The van der Waals surface area contributed by atoms with Crippen molar-refractivity contribution in [3.05, 3.63) is 47.0 Å². The van der Waals surface area contributed by atoms with Crippen molar-refractivity contribution in [2.75, 3.05) is 5.32 Å². The molecule has 4 heteroatoms. The summed E-state index contributed by atoms with van der Waals surface area (Å²) in [6.07, 6.45) is 4.76. The molecule has 1 saturated carbocycles. The number of aromatic nitrogens is 1. The molecule has 1 fully saturated rings. The van der Waals surface area contributed by atoms with Crippen LogP contribution in [0.2, 0.25) is 0 Å². The normalized spacial score (nSPS) is 14.4. The van der Waals surface area contributed by atoms with Gasteiger partial charge >= 0.3 is 0 Å². The van der Waals surface area contributed by atoms with Crippen LogP contribution in [0.25, 0.3) is 0 Å². The lowest BCUT2D eigenvalue weighted by Crippen LogP contribution is -2.12. The molecule has 3 nitrogen and oxygen atoms in total. The first-order valence-corrected chi connectivity index (χ1v) is 6.92. The van der Waals surface area contributed by atoms with E-state index in [2.05, 4.69) is 22.4 Å². The Hall–Kier alpha value is -1.68. The van der Waals surface area contributed by atoms with Crippen LogP contribution in [-0.4, -0.2) is 10.9 Å². The molecule has 1 aromatic heterocycles. The lowest BCUT2D eigenvalue weighted by atomic mass is 10.1. The Bertz CT molecular complexity index is 546. The molecule has 1 aliphatic carbocycles. The predicted octanol–water partition coefficient (Wildman–Crippen LogP) is 3.08. The predicted molar refractivity (Wildman–Crippen MR) is 72.7 cm³/mol. The molecule has 0 aliphatic heterocycles. The smallest absolute Gasteiger partial charge is 0.229 e. The van der Waals surface area contributed by atoms with Crippen molar-refractivity contribution >= 4 is 22.4 Å². The third kappa shape index (κ3) is 2.76. The molecule has 0 spiro atoms. The number of nitrogens with one attached hydrogen (secondary N) is 1. The number of anilines is 1. The maximum atomic E-state index is 11.6. The van der Waals surface area contributed by atoms with E-state index in [1.165, 1.54) is 10.4 Å². The average molecular weight is 258 g/mol. The van der Waals surface area contributed by atoms with E-state index < -0.39 is 0 Å². The van der Waals surface area contributed by atoms with E-state index >= 15 is 0 Å². The Morgan fingerprint density at radius 1 is 1.33 bits per heavy atom. The average Bonchev–Trinajstić information content (AvgIpc) is 3.15. The maximum absolute atomic E-state index is 11.6. The van der Waals surface area contributed by atoms with E-state index in [4.69, 9.17) is 0 Å². The number of thiazole rings is 1. The van der Waals surface area contributed by atoms with Gasteiger partial charge in [0.05, 0.1) is 0 Å². The Kier molecular flexibility index (Phi) is 3.11. The summed E-state index contributed by atoms with van der Waals surface area (Å²) in [7, 11) is 0. The zero-order valence-corrected chi connectivity index (χ0v) is 10.7. The van der Waals surface area contributed by atoms with Gasteiger partial charge in [-0.2, -0.15) is 0 Å². The minimum absolute atomic E-state index is 0.121. The fraction of sp³-hybridized carbons (Fsp3) is 0.286. The fourth-order valence-corrected chi connectivity index (χ4v) is 2.65. The van der Waals surface area contributed by atoms with Crippen LogP contribution >= 0.6 is 11.3 Å². The lowest BCUT2D eigenvalue weighted by molar-refractivity contribution is -0.117. The van der Waals surface area contributed by atoms with Gasteiger partial charge in [-0.3, -0.25) is 4.79 Å². The van der Waals surface area contributed by atoms with Crippen molar-refractivity contribution in [3.63, 3.8) is 0 Å². The maximum Gasteiger partial charge on any atom is 0.229 e. The summed E-state index contributed by atoms with van der Waals surface area (Å²) in [4.78, 5) is 17.0. The zero-order valence-electron chi connectivity index (χ0n) is 9.93. The van der Waals surface area contributed by atoms with Crippen molar-refractivity contribution in [1.29, 1.82) is 0 Å². The quantitative estimate of drug-likeness (QED) is 0.915. The van der Waals surface area contributed by atoms with Gasteiger partial charge in [0.1, 0.15) is 0 Å². The van der Waals surface area contributed by atoms with Gasteiger partial charge in [0.2, 0.25) is 5.91 Å². The van der Waals surface area contributed by atoms with Crippen LogP contribution in [0.1, 0.15) is 23.3 Å². The molecule has 1 amide bonds. The topological polar surface area (TPSA) is 42.0 Å². The van der Waals surface area contributed by atoms with Crippen LogP contribution < -0.4 is 5.32 Å². The molecule has 2 aromatic rings. The summed E-state index contributed by atoms with van der Waals surface area (Å²) in [5.41, 5.74) is 1.27. The highest BCUT2D eigenvalue weighted by Crippen LogP contribution is 2.31. The Labute approximate surface area is 110 Å². The SMILES string of the molecule is O=C(Nc1ncc(Cc2ccccc2)s1)C1CC1. The summed E-state index contributed by atoms with van der Waals surface area (Å²) >= 11 is 1.56. The largest absolute Gasteiger partial charge is 0.302 e. The number of rotatable bonds is 4. The number of benzene rings is 1. The molecule has 1 aromatic carbocycles. The van der Waals surface area contributed by atoms with Crippen LogP contribution in [0.15, 0.2) is 36.5 Å². The van der Waals surface area contributed by atoms with Crippen LogP contribution in [-0.2, 0) is 11.2 Å². The molecule has 1 N–H and O–H groups in total. The van der Waals surface area contributed by atoms with Crippen molar-refractivity contribution in [3.8, 4) is 0 Å². The van der Waals surface area contributed by atoms with Crippen molar-refractivity contribution in [2.24, 2.45) is 5.92 Å². The molecular formula is C14H14N2OS. The zero-order chi connectivity index (χ0) is 12.4. The molecule has 18 heavy (non-hydrogen) atoms. The van der Waals surface area contributed by atoms with E-state index in [-0.39, 0.29) is 11.8 Å². The van der Waals surface area contributed by atoms with E-state index in [0.717, 1.165) is 24.4 Å². The van der Waals surface area contributed by atoms with Gasteiger partial charge in [-0.1, -0.05) is 30.3 Å². The van der Waals surface area contributed by atoms with Gasteiger partial charge in [0.15, 0.2) is 5.13 Å². The number of hydrogen-bond acceptors (Lipinski definition) is 3. The summed E-state index contributed by atoms with van der Waals surface area (Å²) in [6, 6.07) is 10.3. The second-order valence-electron chi connectivity index (χ2n) is 4.56. The summed E-state index contributed by atoms with van der Waals surface area (Å²) in [6.45, 7) is 0. The van der Waals surface area contributed by atoms with Crippen LogP contribution in [0.4, 0.5) is 5.13 Å². The van der Waals surface area contributed by atoms with Crippen molar-refractivity contribution in [2.45, 2.75) is 19.3 Å². The molecule has 0 bridgehead atoms. The Morgan fingerprint density at radius 3 is 2.83 bits per heavy atom. The van der Waals surface area contributed by atoms with E-state index in [1.54, 1.807) is 11.3 Å². The second kappa shape index (κ2) is 4.90. The highest BCUT2D eigenvalue weighted by atomic mass is 32.1. The summed E-state index contributed by atoms with van der Waals surface area (Å²) in [5, 5.41) is 3.60. The number of nitrogens with zero attached hydrogens (tertiary/aromatic N) is 1. The van der Waals surface area contributed by atoms with Crippen molar-refractivity contribution in [1.82, 2.24) is 4.98 Å². The van der Waals surface area contributed by atoms with E-state index in [0.29, 0.717) is 0 Å². The fourth-order valence-electron chi connectivity index (χ4n) is 1.80. The number of carbonyl (C=O) groups excluding carboxylic acids is 1. The first kappa shape index (κ1) is 11.4. The molecule has 0 saturated heterocycles. The van der Waals surface area contributed by atoms with Gasteiger partial charge in [-0.15, -0.1) is 11.3 Å². The van der Waals surface area contributed by atoms with Gasteiger partial charge in [-0.25, -0.2) is 4.98 Å². The number of carbonyl (C=O) groups is 1. The van der Waals surface area contributed by atoms with Crippen LogP contribution in [0.3, 0.4) is 0 Å². The van der Waals surface area contributed by atoms with Crippen molar-refractivity contribution < 1.29 is 4.79 Å². The van der Waals surface area contributed by atoms with Crippen LogP contribution in [0.5, 0.6) is 0 Å². The molecule has 1 heterocycles. The standard InChI is InChI=1S/C14H14N2OS/c17-13(11-6-7-11)16-14-15-9-12(18-14)8-10-4-2-1-3-5-10/h1-5,9,11H,6-8H2,(H,15,16,17). The first-order valence-electron chi connectivity index (χ1n) is 6.11. The van der Waals surface area contributed by atoms with Gasteiger partial charge in [0, 0.05) is 23.4 Å². The van der Waals surface area contributed by atoms with Crippen LogP contribution in [0, 0.1) is 5.92 Å². The van der Waals surface area contributed by atoms with E-state index in [9.17, 15) is 4.79 Å². The molecule has 0 unspecified atom stereocenters. The highest BCUT2D eigenvalue weighted by Gasteiger charge is 2.30. The minimum Gasteiger partial charge on any atom is -0.302 e. The monoisotopic (exact) mass is 258 g/mol. The second-order valence-corrected chi connectivity index (χ2v) is 5.67. The lowest BCUT2D eigenvalue weighted by Gasteiger charge is -1.98. The summed E-state index contributed by atoms with van der Waals surface area (Å²) < 4.78 is 0. The molecule has 92 valence electrons. The van der Waals surface area contributed by atoms with E-state index in [1.807, 2.05) is 24.4 Å². The highest BCUT2D eigenvalue weighted by molar-refractivity contribution is 7.15. The summed E-state index contributed by atoms with van der Waals surface area (Å²) in [5.74, 6) is 0.349. The first-order chi connectivity index (χ1) is 8.81. The van der Waals surface area contributed by atoms with Gasteiger partial charge in [0.25, 0.3) is 0 Å².